The Kier molecular flexibility index (Phi) is 6.22. The summed E-state index contributed by atoms with van der Waals surface area (Å²) in [5, 5.41) is 0.732. The van der Waals surface area contributed by atoms with Crippen molar-refractivity contribution < 1.29 is 8.42 Å². The van der Waals surface area contributed by atoms with Crippen LogP contribution in [0.15, 0.2) is 72.8 Å². The van der Waals surface area contributed by atoms with E-state index in [2.05, 4.69) is 4.72 Å². The Morgan fingerprint density at radius 3 is 2.11 bits per heavy atom. The van der Waals surface area contributed by atoms with E-state index in [4.69, 9.17) is 23.2 Å². The van der Waals surface area contributed by atoms with Gasteiger partial charge in [-0.15, -0.1) is 0 Å². The molecule has 0 spiro atoms. The minimum Gasteiger partial charge on any atom is -0.212 e. The molecule has 0 radical (unpaired) electrons. The van der Waals surface area contributed by atoms with Crippen LogP contribution in [0.2, 0.25) is 10.0 Å². The van der Waals surface area contributed by atoms with E-state index < -0.39 is 16.1 Å². The Labute approximate surface area is 170 Å². The minimum absolute atomic E-state index is 0.181. The summed E-state index contributed by atoms with van der Waals surface area (Å²) in [4.78, 5) is 0. The van der Waals surface area contributed by atoms with Crippen LogP contribution in [0, 0.1) is 6.92 Å². The maximum atomic E-state index is 12.8. The molecule has 3 nitrogen and oxygen atoms in total. The fourth-order valence-electron chi connectivity index (χ4n) is 2.80. The van der Waals surface area contributed by atoms with E-state index in [9.17, 15) is 8.42 Å². The molecule has 1 atom stereocenters. The van der Waals surface area contributed by atoms with E-state index in [0.717, 1.165) is 16.7 Å². The molecule has 0 aliphatic rings. The average Bonchev–Trinajstić information content (AvgIpc) is 2.64. The zero-order valence-electron chi connectivity index (χ0n) is 14.7. The molecule has 0 heterocycles. The Balaban J connectivity index is 1.90. The number of hydrogen-bond acceptors (Lipinski definition) is 2. The molecule has 0 aliphatic carbocycles. The summed E-state index contributed by atoms with van der Waals surface area (Å²) in [6, 6.07) is 21.7. The highest BCUT2D eigenvalue weighted by Crippen LogP contribution is 2.26. The van der Waals surface area contributed by atoms with Crippen LogP contribution in [0.5, 0.6) is 0 Å². The van der Waals surface area contributed by atoms with Crippen molar-refractivity contribution in [3.8, 4) is 0 Å². The van der Waals surface area contributed by atoms with Gasteiger partial charge in [-0.1, -0.05) is 89.4 Å². The van der Waals surface area contributed by atoms with Crippen LogP contribution in [0.4, 0.5) is 0 Å². The number of benzene rings is 3. The smallest absolute Gasteiger partial charge is 0.212 e. The molecular weight excluding hydrogens is 401 g/mol. The highest BCUT2D eigenvalue weighted by atomic mass is 35.5. The van der Waals surface area contributed by atoms with E-state index in [1.807, 2.05) is 61.5 Å². The second-order valence-electron chi connectivity index (χ2n) is 6.38. The molecule has 0 aliphatic heterocycles. The number of halogens is 2. The fraction of sp³-hybridized carbons (Fsp3) is 0.143. The fourth-order valence-corrected chi connectivity index (χ4v) is 4.46. The van der Waals surface area contributed by atoms with Gasteiger partial charge in [0, 0.05) is 0 Å². The second kappa shape index (κ2) is 8.44. The molecule has 0 aromatic heterocycles. The zero-order valence-corrected chi connectivity index (χ0v) is 17.0. The average molecular weight is 420 g/mol. The van der Waals surface area contributed by atoms with Crippen LogP contribution in [-0.4, -0.2) is 8.42 Å². The topological polar surface area (TPSA) is 46.2 Å². The van der Waals surface area contributed by atoms with Crippen LogP contribution in [0.25, 0.3) is 0 Å². The van der Waals surface area contributed by atoms with Gasteiger partial charge in [0.25, 0.3) is 0 Å². The van der Waals surface area contributed by atoms with Crippen LogP contribution in [0.1, 0.15) is 28.3 Å². The van der Waals surface area contributed by atoms with Crippen molar-refractivity contribution in [1.29, 1.82) is 0 Å². The lowest BCUT2D eigenvalue weighted by Gasteiger charge is -2.20. The first-order valence-corrected chi connectivity index (χ1v) is 10.8. The molecule has 3 rings (SSSR count). The van der Waals surface area contributed by atoms with Crippen molar-refractivity contribution in [2.24, 2.45) is 0 Å². The standard InChI is InChI=1S/C21H19Cl2NO2S/c1-15-7-10-18(11-8-15)21(17-5-3-2-4-6-17)24-27(25,26)14-16-9-12-19(22)20(23)13-16/h2-13,21,24H,14H2,1H3/t21-/m1/s1. The van der Waals surface area contributed by atoms with Gasteiger partial charge in [-0.2, -0.15) is 0 Å². The largest absolute Gasteiger partial charge is 0.216 e. The van der Waals surface area contributed by atoms with Gasteiger partial charge >= 0.3 is 0 Å². The lowest BCUT2D eigenvalue weighted by atomic mass is 9.99. The molecule has 0 fully saturated rings. The number of sulfonamides is 1. The highest BCUT2D eigenvalue weighted by Gasteiger charge is 2.22. The monoisotopic (exact) mass is 419 g/mol. The number of rotatable bonds is 6. The molecule has 0 bridgehead atoms. The number of hydrogen-bond donors (Lipinski definition) is 1. The lowest BCUT2D eigenvalue weighted by Crippen LogP contribution is -2.30. The molecule has 3 aromatic rings. The van der Waals surface area contributed by atoms with Gasteiger partial charge in [0.15, 0.2) is 0 Å². The van der Waals surface area contributed by atoms with Crippen molar-refractivity contribution in [2.45, 2.75) is 18.7 Å². The summed E-state index contributed by atoms with van der Waals surface area (Å²) in [5.74, 6) is -0.181. The van der Waals surface area contributed by atoms with Crippen molar-refractivity contribution >= 4 is 33.2 Å². The van der Waals surface area contributed by atoms with Crippen LogP contribution in [-0.2, 0) is 15.8 Å². The third kappa shape index (κ3) is 5.33. The van der Waals surface area contributed by atoms with Gasteiger partial charge in [0.05, 0.1) is 21.8 Å². The molecule has 0 saturated heterocycles. The zero-order chi connectivity index (χ0) is 19.4. The molecule has 0 unspecified atom stereocenters. The number of nitrogens with one attached hydrogen (secondary N) is 1. The normalized spacial score (nSPS) is 12.7. The van der Waals surface area contributed by atoms with Gasteiger partial charge in [-0.05, 0) is 35.7 Å². The number of aryl methyl sites for hydroxylation is 1. The first-order chi connectivity index (χ1) is 12.8. The molecule has 0 amide bonds. The Morgan fingerprint density at radius 1 is 0.852 bits per heavy atom. The van der Waals surface area contributed by atoms with Crippen molar-refractivity contribution in [2.75, 3.05) is 0 Å². The van der Waals surface area contributed by atoms with Gasteiger partial charge < -0.3 is 0 Å². The Hall–Kier alpha value is -1.85. The predicted octanol–water partition coefficient (Wildman–Crippen LogP) is 5.51. The van der Waals surface area contributed by atoms with Crippen molar-refractivity contribution in [1.82, 2.24) is 4.72 Å². The predicted molar refractivity (Wildman–Crippen MR) is 112 cm³/mol. The maximum absolute atomic E-state index is 12.8. The third-order valence-electron chi connectivity index (χ3n) is 4.18. The summed E-state index contributed by atoms with van der Waals surface area (Å²) < 4.78 is 28.5. The van der Waals surface area contributed by atoms with E-state index >= 15 is 0 Å². The molecular formula is C21H19Cl2NO2S. The van der Waals surface area contributed by atoms with Crippen LogP contribution < -0.4 is 4.72 Å². The van der Waals surface area contributed by atoms with Crippen LogP contribution in [0.3, 0.4) is 0 Å². The summed E-state index contributed by atoms with van der Waals surface area (Å²) in [6.45, 7) is 2.00. The SMILES string of the molecule is Cc1ccc([C@H](NS(=O)(=O)Cc2ccc(Cl)c(Cl)c2)c2ccccc2)cc1. The maximum Gasteiger partial charge on any atom is 0.216 e. The second-order valence-corrected chi connectivity index (χ2v) is 8.95. The van der Waals surface area contributed by atoms with Crippen LogP contribution >= 0.6 is 23.2 Å². The first-order valence-electron chi connectivity index (χ1n) is 8.39. The molecule has 140 valence electrons. The molecule has 6 heteroatoms. The van der Waals surface area contributed by atoms with Gasteiger partial charge in [0.2, 0.25) is 10.0 Å². The highest BCUT2D eigenvalue weighted by molar-refractivity contribution is 7.88. The molecule has 3 aromatic carbocycles. The van der Waals surface area contributed by atoms with E-state index in [-0.39, 0.29) is 5.75 Å². The molecule has 27 heavy (non-hydrogen) atoms. The molecule has 0 saturated carbocycles. The third-order valence-corrected chi connectivity index (χ3v) is 6.23. The van der Waals surface area contributed by atoms with Gasteiger partial charge in [-0.3, -0.25) is 0 Å². The van der Waals surface area contributed by atoms with E-state index in [1.165, 1.54) is 0 Å². The Morgan fingerprint density at radius 2 is 1.48 bits per heavy atom. The van der Waals surface area contributed by atoms with E-state index in [1.54, 1.807) is 18.2 Å². The molecule has 1 N–H and O–H groups in total. The summed E-state index contributed by atoms with van der Waals surface area (Å²) in [7, 11) is -3.62. The van der Waals surface area contributed by atoms with E-state index in [0.29, 0.717) is 15.6 Å². The first kappa shape index (κ1) is 19.9. The lowest BCUT2D eigenvalue weighted by molar-refractivity contribution is 0.571. The summed E-state index contributed by atoms with van der Waals surface area (Å²) in [6.07, 6.45) is 0. The summed E-state index contributed by atoms with van der Waals surface area (Å²) >= 11 is 11.9. The summed E-state index contributed by atoms with van der Waals surface area (Å²) in [5.41, 5.74) is 3.44. The quantitative estimate of drug-likeness (QED) is 0.572. The van der Waals surface area contributed by atoms with Gasteiger partial charge in [-0.25, -0.2) is 13.1 Å². The van der Waals surface area contributed by atoms with Gasteiger partial charge in [0.1, 0.15) is 0 Å². The minimum atomic E-state index is -3.62. The van der Waals surface area contributed by atoms with Crippen molar-refractivity contribution in [3.63, 3.8) is 0 Å². The Bertz CT molecular complexity index is 1020. The van der Waals surface area contributed by atoms with Crippen molar-refractivity contribution in [3.05, 3.63) is 105 Å².